The topological polar surface area (TPSA) is 47.7 Å². The number of nitrogens with zero attached hydrogens (tertiary/aromatic N) is 1. The van der Waals surface area contributed by atoms with E-state index in [1.807, 2.05) is 0 Å². The van der Waals surface area contributed by atoms with Crippen LogP contribution in [0.15, 0.2) is 0 Å². The molecule has 2 fully saturated rings. The van der Waals surface area contributed by atoms with Gasteiger partial charge < -0.3 is 15.2 Å². The molecule has 2 aliphatic rings. The van der Waals surface area contributed by atoms with Gasteiger partial charge >= 0.3 is 0 Å². The number of nitrogens with two attached hydrogens (primary N) is 1. The maximum Gasteiger partial charge on any atom is 0.158 e. The van der Waals surface area contributed by atoms with Gasteiger partial charge in [-0.3, -0.25) is 4.90 Å². The highest BCUT2D eigenvalue weighted by Gasteiger charge is 2.37. The molecule has 2 rings (SSSR count). The van der Waals surface area contributed by atoms with Crippen LogP contribution < -0.4 is 5.73 Å². The van der Waals surface area contributed by atoms with E-state index in [4.69, 9.17) is 15.2 Å². The normalized spacial score (nSPS) is 25.2. The Bertz CT molecular complexity index is 266. The first kappa shape index (κ1) is 16.2. The third-order valence-electron chi connectivity index (χ3n) is 5.55. The fourth-order valence-corrected chi connectivity index (χ4v) is 4.07. The Balaban J connectivity index is 1.84. The van der Waals surface area contributed by atoms with E-state index in [0.717, 1.165) is 6.42 Å². The predicted octanol–water partition coefficient (Wildman–Crippen LogP) is 2.37. The zero-order chi connectivity index (χ0) is 14.4. The van der Waals surface area contributed by atoms with Gasteiger partial charge in [-0.05, 0) is 44.2 Å². The molecule has 4 nitrogen and oxygen atoms in total. The highest BCUT2D eigenvalue weighted by molar-refractivity contribution is 4.90. The lowest BCUT2D eigenvalue weighted by atomic mass is 9.68. The molecule has 0 radical (unpaired) electrons. The molecule has 0 amide bonds. The summed E-state index contributed by atoms with van der Waals surface area (Å²) in [6.07, 6.45) is 10.7. The molecule has 1 aliphatic carbocycles. The minimum absolute atomic E-state index is 0.130. The third kappa shape index (κ3) is 3.94. The summed E-state index contributed by atoms with van der Waals surface area (Å²) in [5, 5.41) is 0. The van der Waals surface area contributed by atoms with Gasteiger partial charge in [0.2, 0.25) is 0 Å². The van der Waals surface area contributed by atoms with E-state index in [1.54, 1.807) is 14.2 Å². The fraction of sp³-hybridized carbons (Fsp3) is 1.00. The molecule has 0 aromatic carbocycles. The van der Waals surface area contributed by atoms with Gasteiger partial charge in [0.25, 0.3) is 0 Å². The molecule has 1 heterocycles. The third-order valence-corrected chi connectivity index (χ3v) is 5.55. The summed E-state index contributed by atoms with van der Waals surface area (Å²) < 4.78 is 10.7. The number of hydrogen-bond donors (Lipinski definition) is 1. The summed E-state index contributed by atoms with van der Waals surface area (Å²) in [6, 6.07) is 0.390. The Morgan fingerprint density at radius 1 is 1.00 bits per heavy atom. The van der Waals surface area contributed by atoms with Gasteiger partial charge in [0.15, 0.2) is 6.29 Å². The molecule has 0 aromatic heterocycles. The van der Waals surface area contributed by atoms with Crippen LogP contribution in [0.4, 0.5) is 0 Å². The number of rotatable bonds is 6. The first-order valence-corrected chi connectivity index (χ1v) is 8.23. The minimum atomic E-state index is -0.130. The van der Waals surface area contributed by atoms with E-state index < -0.39 is 0 Å². The van der Waals surface area contributed by atoms with Gasteiger partial charge in [0.05, 0.1) is 0 Å². The van der Waals surface area contributed by atoms with Gasteiger partial charge in [-0.2, -0.15) is 0 Å². The van der Waals surface area contributed by atoms with Crippen LogP contribution >= 0.6 is 0 Å². The van der Waals surface area contributed by atoms with Crippen LogP contribution in [0.2, 0.25) is 0 Å². The maximum atomic E-state index is 5.98. The average molecular weight is 284 g/mol. The van der Waals surface area contributed by atoms with Crippen molar-refractivity contribution < 1.29 is 9.47 Å². The maximum absolute atomic E-state index is 5.98. The lowest BCUT2D eigenvalue weighted by molar-refractivity contribution is -0.118. The van der Waals surface area contributed by atoms with Crippen molar-refractivity contribution in [3.63, 3.8) is 0 Å². The van der Waals surface area contributed by atoms with E-state index in [9.17, 15) is 0 Å². The van der Waals surface area contributed by atoms with Crippen molar-refractivity contribution in [1.29, 1.82) is 0 Å². The van der Waals surface area contributed by atoms with E-state index in [0.29, 0.717) is 18.0 Å². The molecule has 2 N–H and O–H groups in total. The van der Waals surface area contributed by atoms with Gasteiger partial charge in [-0.15, -0.1) is 0 Å². The smallest absolute Gasteiger partial charge is 0.158 e. The van der Waals surface area contributed by atoms with Gasteiger partial charge in [0, 0.05) is 33.2 Å². The summed E-state index contributed by atoms with van der Waals surface area (Å²) >= 11 is 0. The van der Waals surface area contributed by atoms with Crippen LogP contribution in [0.3, 0.4) is 0 Å². The van der Waals surface area contributed by atoms with Crippen LogP contribution in [0, 0.1) is 5.41 Å². The molecule has 1 saturated heterocycles. The Labute approximate surface area is 124 Å². The molecular formula is C16H32N2O2. The predicted molar refractivity (Wildman–Crippen MR) is 81.6 cm³/mol. The van der Waals surface area contributed by atoms with E-state index >= 15 is 0 Å². The standard InChI is InChI=1S/C16H32N2O2/c1-19-15(20-2)12-14(13-17)18-10-8-16(9-11-18)6-4-3-5-7-16/h14-15H,3-13,17H2,1-2H3. The summed E-state index contributed by atoms with van der Waals surface area (Å²) in [7, 11) is 3.41. The summed E-state index contributed by atoms with van der Waals surface area (Å²) in [5.41, 5.74) is 6.64. The van der Waals surface area contributed by atoms with Gasteiger partial charge in [-0.1, -0.05) is 19.3 Å². The summed E-state index contributed by atoms with van der Waals surface area (Å²) in [6.45, 7) is 3.08. The first-order valence-electron chi connectivity index (χ1n) is 8.23. The summed E-state index contributed by atoms with van der Waals surface area (Å²) in [4.78, 5) is 2.56. The quantitative estimate of drug-likeness (QED) is 0.761. The monoisotopic (exact) mass is 284 g/mol. The fourth-order valence-electron chi connectivity index (χ4n) is 4.07. The second-order valence-electron chi connectivity index (χ2n) is 6.62. The molecule has 1 saturated carbocycles. The Kier molecular flexibility index (Phi) is 6.27. The largest absolute Gasteiger partial charge is 0.356 e. The highest BCUT2D eigenvalue weighted by atomic mass is 16.7. The van der Waals surface area contributed by atoms with Crippen LogP contribution in [-0.2, 0) is 9.47 Å². The van der Waals surface area contributed by atoms with Crippen LogP contribution in [0.25, 0.3) is 0 Å². The lowest BCUT2D eigenvalue weighted by Crippen LogP contribution is -2.49. The number of ether oxygens (including phenoxy) is 2. The molecule has 1 atom stereocenters. The molecule has 4 heteroatoms. The minimum Gasteiger partial charge on any atom is -0.356 e. The van der Waals surface area contributed by atoms with Crippen molar-refractivity contribution in [2.45, 2.75) is 63.7 Å². The van der Waals surface area contributed by atoms with Gasteiger partial charge in [0.1, 0.15) is 0 Å². The Morgan fingerprint density at radius 2 is 1.60 bits per heavy atom. The van der Waals surface area contributed by atoms with Crippen molar-refractivity contribution in [2.24, 2.45) is 11.1 Å². The molecule has 0 aromatic rings. The van der Waals surface area contributed by atoms with E-state index in [-0.39, 0.29) is 6.29 Å². The van der Waals surface area contributed by atoms with Crippen LogP contribution in [-0.4, -0.2) is 51.1 Å². The van der Waals surface area contributed by atoms with Gasteiger partial charge in [-0.25, -0.2) is 0 Å². The highest BCUT2D eigenvalue weighted by Crippen LogP contribution is 2.44. The molecule has 20 heavy (non-hydrogen) atoms. The van der Waals surface area contributed by atoms with Crippen molar-refractivity contribution in [1.82, 2.24) is 4.90 Å². The van der Waals surface area contributed by atoms with Crippen LogP contribution in [0.1, 0.15) is 51.4 Å². The lowest BCUT2D eigenvalue weighted by Gasteiger charge is -2.46. The van der Waals surface area contributed by atoms with Crippen molar-refractivity contribution in [3.05, 3.63) is 0 Å². The average Bonchev–Trinajstić information content (AvgIpc) is 2.51. The zero-order valence-electron chi connectivity index (χ0n) is 13.3. The molecular weight excluding hydrogens is 252 g/mol. The molecule has 0 bridgehead atoms. The van der Waals surface area contributed by atoms with Crippen LogP contribution in [0.5, 0.6) is 0 Å². The van der Waals surface area contributed by atoms with Crippen molar-refractivity contribution in [2.75, 3.05) is 33.9 Å². The van der Waals surface area contributed by atoms with E-state index in [2.05, 4.69) is 4.90 Å². The SMILES string of the molecule is COC(CC(CN)N1CCC2(CCCCC2)CC1)OC. The second-order valence-corrected chi connectivity index (χ2v) is 6.62. The molecule has 1 aliphatic heterocycles. The number of methoxy groups -OCH3 is 2. The Morgan fingerprint density at radius 3 is 2.10 bits per heavy atom. The second kappa shape index (κ2) is 7.74. The first-order chi connectivity index (χ1) is 9.73. The van der Waals surface area contributed by atoms with Crippen molar-refractivity contribution in [3.8, 4) is 0 Å². The zero-order valence-corrected chi connectivity index (χ0v) is 13.3. The van der Waals surface area contributed by atoms with E-state index in [1.165, 1.54) is 58.0 Å². The van der Waals surface area contributed by atoms with Crippen molar-refractivity contribution >= 4 is 0 Å². The number of likely N-dealkylation sites (tertiary alicyclic amines) is 1. The summed E-state index contributed by atoms with van der Waals surface area (Å²) in [5.74, 6) is 0. The molecule has 118 valence electrons. The Hall–Kier alpha value is -0.160. The number of hydrogen-bond acceptors (Lipinski definition) is 4. The number of piperidine rings is 1. The molecule has 1 spiro atoms. The molecule has 1 unspecified atom stereocenters.